The fraction of sp³-hybridized carbons (Fsp3) is 0.182. The molecule has 0 spiro atoms. The molecule has 3 aromatic carbocycles. The van der Waals surface area contributed by atoms with Crippen molar-refractivity contribution >= 4 is 31.6 Å². The van der Waals surface area contributed by atoms with Gasteiger partial charge in [-0.3, -0.25) is 0 Å². The van der Waals surface area contributed by atoms with Crippen LogP contribution in [0.2, 0.25) is 0 Å². The first-order valence-corrected chi connectivity index (χ1v) is 13.0. The van der Waals surface area contributed by atoms with Crippen molar-refractivity contribution in [2.24, 2.45) is 0 Å². The molecule has 0 saturated heterocycles. The number of rotatable bonds is 6. The van der Waals surface area contributed by atoms with Crippen molar-refractivity contribution in [2.45, 2.75) is 26.2 Å². The molecule has 0 aliphatic heterocycles. The second-order valence-corrected chi connectivity index (χ2v) is 11.3. The molecule has 0 N–H and O–H groups in total. The molecule has 0 aliphatic carbocycles. The zero-order valence-electron chi connectivity index (χ0n) is 16.4. The molecule has 0 aliphatic rings. The van der Waals surface area contributed by atoms with Crippen LogP contribution in [0.4, 0.5) is 25.2 Å². The summed E-state index contributed by atoms with van der Waals surface area (Å²) < 4.78 is 59.2. The summed E-state index contributed by atoms with van der Waals surface area (Å²) in [6, 6.07) is 31.2. The van der Waals surface area contributed by atoms with Crippen molar-refractivity contribution in [2.75, 3.05) is 0 Å². The molecular formula is C22H24F6P2. The van der Waals surface area contributed by atoms with E-state index in [9.17, 15) is 25.2 Å². The van der Waals surface area contributed by atoms with E-state index in [1.807, 2.05) is 0 Å². The molecule has 0 heterocycles. The molecule has 164 valence electrons. The topological polar surface area (TPSA) is 0 Å². The number of benzene rings is 3. The van der Waals surface area contributed by atoms with Crippen molar-refractivity contribution in [3.8, 4) is 0 Å². The Kier molecular flexibility index (Phi) is 7.37. The molecule has 0 radical (unpaired) electrons. The molecule has 0 nitrogen and oxygen atoms in total. The summed E-state index contributed by atoms with van der Waals surface area (Å²) in [5.74, 6) is 0. The van der Waals surface area contributed by atoms with Gasteiger partial charge >= 0.3 is 33.0 Å². The van der Waals surface area contributed by atoms with Crippen LogP contribution in [-0.4, -0.2) is 0 Å². The van der Waals surface area contributed by atoms with Gasteiger partial charge in [-0.25, -0.2) is 0 Å². The van der Waals surface area contributed by atoms with Crippen LogP contribution < -0.4 is 15.9 Å². The summed E-state index contributed by atoms with van der Waals surface area (Å²) in [5, 5.41) is 4.36. The maximum absolute atomic E-state index is 10.7. The Morgan fingerprint density at radius 1 is 0.600 bits per heavy atom. The first kappa shape index (κ1) is 24.4. The third kappa shape index (κ3) is 10.2. The van der Waals surface area contributed by atoms with Gasteiger partial charge in [0.05, 0.1) is 7.92 Å². The number of halogens is 6. The van der Waals surface area contributed by atoms with E-state index in [1.54, 1.807) is 0 Å². The van der Waals surface area contributed by atoms with Crippen LogP contribution in [0.5, 0.6) is 0 Å². The van der Waals surface area contributed by atoms with Crippen LogP contribution in [0.1, 0.15) is 25.3 Å². The van der Waals surface area contributed by atoms with Crippen molar-refractivity contribution in [1.82, 2.24) is 0 Å². The van der Waals surface area contributed by atoms with E-state index in [4.69, 9.17) is 0 Å². The van der Waals surface area contributed by atoms with Gasteiger partial charge in [0.2, 0.25) is 0 Å². The van der Waals surface area contributed by atoms with Crippen LogP contribution in [0.3, 0.4) is 0 Å². The number of unbranched alkanes of at least 4 members (excludes halogenated alkanes) is 1. The van der Waals surface area contributed by atoms with Crippen molar-refractivity contribution < 1.29 is 25.2 Å². The minimum absolute atomic E-state index is 0.914. The van der Waals surface area contributed by atoms with E-state index >= 15 is 0 Å². The molecule has 3 rings (SSSR count). The van der Waals surface area contributed by atoms with Gasteiger partial charge in [0, 0.05) is 0 Å². The molecule has 3 aromatic rings. The van der Waals surface area contributed by atoms with E-state index < -0.39 is 15.7 Å². The van der Waals surface area contributed by atoms with E-state index in [-0.39, 0.29) is 0 Å². The SMILES string of the molecule is CCCCc1ccc([PH+](c2ccccc2)c2ccccc2)cc1.F[P-](F)(F)(F)(F)F. The van der Waals surface area contributed by atoms with Crippen molar-refractivity contribution in [3.63, 3.8) is 0 Å². The molecule has 0 fully saturated rings. The van der Waals surface area contributed by atoms with Gasteiger partial charge in [-0.1, -0.05) is 61.9 Å². The number of hydrogen-bond donors (Lipinski definition) is 0. The van der Waals surface area contributed by atoms with E-state index in [0.717, 1.165) is 0 Å². The van der Waals surface area contributed by atoms with Gasteiger partial charge < -0.3 is 0 Å². The van der Waals surface area contributed by atoms with Gasteiger partial charge in [-0.2, -0.15) is 0 Å². The third-order valence-electron chi connectivity index (χ3n) is 4.19. The second kappa shape index (κ2) is 9.08. The van der Waals surface area contributed by atoms with Crippen LogP contribution in [0, 0.1) is 0 Å². The average Bonchev–Trinajstić information content (AvgIpc) is 2.67. The Hall–Kier alpha value is -1.90. The Morgan fingerprint density at radius 3 is 1.33 bits per heavy atom. The van der Waals surface area contributed by atoms with Gasteiger partial charge in [-0.05, 0) is 54.8 Å². The molecule has 0 bridgehead atoms. The first-order valence-electron chi connectivity index (χ1n) is 9.47. The summed E-state index contributed by atoms with van der Waals surface area (Å²) in [7, 11) is -11.6. The molecule has 0 saturated carbocycles. The molecule has 0 atom stereocenters. The summed E-state index contributed by atoms with van der Waals surface area (Å²) in [4.78, 5) is 0. The molecule has 0 unspecified atom stereocenters. The molecule has 8 heteroatoms. The normalized spacial score (nSPS) is 13.7. The van der Waals surface area contributed by atoms with Gasteiger partial charge in [0.25, 0.3) is 0 Å². The Balaban J connectivity index is 0.000000396. The van der Waals surface area contributed by atoms with E-state index in [0.29, 0.717) is 0 Å². The van der Waals surface area contributed by atoms with Crippen LogP contribution in [0.25, 0.3) is 0 Å². The van der Waals surface area contributed by atoms with Gasteiger partial charge in [0.1, 0.15) is 15.9 Å². The van der Waals surface area contributed by atoms with Crippen LogP contribution in [-0.2, 0) is 6.42 Å². The fourth-order valence-electron chi connectivity index (χ4n) is 2.93. The zero-order chi connectivity index (χ0) is 22.3. The zero-order valence-corrected chi connectivity index (χ0v) is 18.3. The van der Waals surface area contributed by atoms with Crippen LogP contribution in [0.15, 0.2) is 84.9 Å². The third-order valence-corrected chi connectivity index (χ3v) is 6.92. The van der Waals surface area contributed by atoms with Crippen molar-refractivity contribution in [1.29, 1.82) is 0 Å². The number of aryl methyl sites for hydroxylation is 1. The monoisotopic (exact) mass is 464 g/mol. The predicted octanol–water partition coefficient (Wildman–Crippen LogP) is 7.90. The van der Waals surface area contributed by atoms with Gasteiger partial charge in [0.15, 0.2) is 0 Å². The van der Waals surface area contributed by atoms with Crippen LogP contribution >= 0.6 is 15.7 Å². The molecule has 30 heavy (non-hydrogen) atoms. The average molecular weight is 464 g/mol. The molecule has 0 aromatic heterocycles. The van der Waals surface area contributed by atoms with E-state index in [1.165, 1.54) is 40.7 Å². The van der Waals surface area contributed by atoms with Gasteiger partial charge in [-0.15, -0.1) is 0 Å². The summed E-state index contributed by atoms with van der Waals surface area (Å²) >= 11 is 0. The predicted molar refractivity (Wildman–Crippen MR) is 119 cm³/mol. The maximum atomic E-state index is 9.87. The fourth-order valence-corrected chi connectivity index (χ4v) is 5.48. The Bertz CT molecular complexity index is 858. The Labute approximate surface area is 173 Å². The summed E-state index contributed by atoms with van der Waals surface area (Å²) in [5.41, 5.74) is 1.46. The first-order chi connectivity index (χ1) is 13.8. The number of hydrogen-bond acceptors (Lipinski definition) is 0. The standard InChI is InChI=1S/C22H23P.F6P/c1-2-3-10-19-15-17-22(18-16-19)23(20-11-6-4-7-12-20)21-13-8-5-9-14-21;1-7(2,3,4,5)6/h4-9,11-18H,2-3,10H2,1H3;/q;-1/p+1. The molecule has 0 amide bonds. The summed E-state index contributed by atoms with van der Waals surface area (Å²) in [6.45, 7) is 2.25. The Morgan fingerprint density at radius 2 is 0.967 bits per heavy atom. The quantitative estimate of drug-likeness (QED) is 0.257. The summed E-state index contributed by atoms with van der Waals surface area (Å²) in [6.07, 6.45) is 3.72. The second-order valence-electron chi connectivity index (χ2n) is 6.87. The molecular weight excluding hydrogens is 440 g/mol. The minimum atomic E-state index is -10.7. The van der Waals surface area contributed by atoms with Crippen molar-refractivity contribution in [3.05, 3.63) is 90.5 Å². The van der Waals surface area contributed by atoms with E-state index in [2.05, 4.69) is 91.9 Å².